The molecule has 0 fully saturated rings. The van der Waals surface area contributed by atoms with Crippen molar-refractivity contribution in [2.45, 2.75) is 39.8 Å². The quantitative estimate of drug-likeness (QED) is 0.790. The van der Waals surface area contributed by atoms with Gasteiger partial charge in [-0.3, -0.25) is 4.57 Å². The molecule has 0 saturated heterocycles. The third-order valence-corrected chi connectivity index (χ3v) is 2.97. The van der Waals surface area contributed by atoms with E-state index in [9.17, 15) is 4.79 Å². The van der Waals surface area contributed by atoms with Gasteiger partial charge in [0.1, 0.15) is 0 Å². The maximum absolute atomic E-state index is 11.5. The molecule has 1 rings (SSSR count). The van der Waals surface area contributed by atoms with Gasteiger partial charge in [-0.2, -0.15) is 0 Å². The smallest absolute Gasteiger partial charge is 0.312 e. The maximum Gasteiger partial charge on any atom is 0.347 e. The molecule has 0 bridgehead atoms. The standard InChI is InChI=1S/C12H21N3O/c1-4-10(3)11(13-5-2)9-15-8-6-7-14-12(15)16/h6-8,10-11,13H,4-5,9H2,1-3H3. The van der Waals surface area contributed by atoms with Gasteiger partial charge in [0.15, 0.2) is 0 Å². The minimum absolute atomic E-state index is 0.172. The molecular weight excluding hydrogens is 202 g/mol. The van der Waals surface area contributed by atoms with Gasteiger partial charge in [-0.15, -0.1) is 0 Å². The average molecular weight is 223 g/mol. The molecule has 2 unspecified atom stereocenters. The lowest BCUT2D eigenvalue weighted by Crippen LogP contribution is -2.41. The Hall–Kier alpha value is -1.16. The third kappa shape index (κ3) is 3.45. The van der Waals surface area contributed by atoms with E-state index in [1.54, 1.807) is 16.8 Å². The van der Waals surface area contributed by atoms with Gasteiger partial charge in [0.25, 0.3) is 0 Å². The Morgan fingerprint density at radius 3 is 2.81 bits per heavy atom. The fourth-order valence-corrected chi connectivity index (χ4v) is 1.73. The SMILES string of the molecule is CCNC(Cn1cccnc1=O)C(C)CC. The van der Waals surface area contributed by atoms with Crippen molar-refractivity contribution in [2.24, 2.45) is 5.92 Å². The van der Waals surface area contributed by atoms with Crippen LogP contribution in [0.25, 0.3) is 0 Å². The molecule has 16 heavy (non-hydrogen) atoms. The maximum atomic E-state index is 11.5. The van der Waals surface area contributed by atoms with Crippen LogP contribution < -0.4 is 11.0 Å². The number of hydrogen-bond acceptors (Lipinski definition) is 3. The highest BCUT2D eigenvalue weighted by Gasteiger charge is 2.15. The molecule has 1 aromatic rings. The summed E-state index contributed by atoms with van der Waals surface area (Å²) in [5.41, 5.74) is -0.172. The molecular formula is C12H21N3O. The summed E-state index contributed by atoms with van der Waals surface area (Å²) in [5.74, 6) is 0.548. The van der Waals surface area contributed by atoms with Crippen LogP contribution >= 0.6 is 0 Å². The number of rotatable bonds is 6. The summed E-state index contributed by atoms with van der Waals surface area (Å²) in [6.45, 7) is 8.07. The first-order valence-electron chi connectivity index (χ1n) is 5.93. The molecule has 0 aliphatic carbocycles. The molecule has 0 aliphatic heterocycles. The van der Waals surface area contributed by atoms with Crippen molar-refractivity contribution in [1.29, 1.82) is 0 Å². The van der Waals surface area contributed by atoms with Crippen LogP contribution in [0.1, 0.15) is 27.2 Å². The Morgan fingerprint density at radius 2 is 2.25 bits per heavy atom. The van der Waals surface area contributed by atoms with E-state index in [2.05, 4.69) is 31.1 Å². The summed E-state index contributed by atoms with van der Waals surface area (Å²) >= 11 is 0. The molecule has 1 heterocycles. The highest BCUT2D eigenvalue weighted by atomic mass is 16.1. The van der Waals surface area contributed by atoms with Crippen LogP contribution in [-0.2, 0) is 6.54 Å². The summed E-state index contributed by atoms with van der Waals surface area (Å²) < 4.78 is 1.67. The minimum Gasteiger partial charge on any atom is -0.312 e. The van der Waals surface area contributed by atoms with Gasteiger partial charge in [0, 0.05) is 25.0 Å². The molecule has 0 saturated carbocycles. The zero-order valence-electron chi connectivity index (χ0n) is 10.3. The van der Waals surface area contributed by atoms with Gasteiger partial charge in [-0.05, 0) is 18.5 Å². The van der Waals surface area contributed by atoms with Crippen LogP contribution in [0.4, 0.5) is 0 Å². The number of nitrogens with zero attached hydrogens (tertiary/aromatic N) is 2. The average Bonchev–Trinajstić information content (AvgIpc) is 2.30. The van der Waals surface area contributed by atoms with E-state index in [4.69, 9.17) is 0 Å². The Kier molecular flexibility index (Phi) is 5.19. The van der Waals surface area contributed by atoms with Gasteiger partial charge < -0.3 is 5.32 Å². The Morgan fingerprint density at radius 1 is 1.50 bits per heavy atom. The van der Waals surface area contributed by atoms with E-state index >= 15 is 0 Å². The van der Waals surface area contributed by atoms with Gasteiger partial charge in [0.2, 0.25) is 0 Å². The van der Waals surface area contributed by atoms with E-state index < -0.39 is 0 Å². The first-order chi connectivity index (χ1) is 7.69. The molecule has 0 amide bonds. The lowest BCUT2D eigenvalue weighted by Gasteiger charge is -2.24. The monoisotopic (exact) mass is 223 g/mol. The van der Waals surface area contributed by atoms with Crippen molar-refractivity contribution in [3.63, 3.8) is 0 Å². The molecule has 0 spiro atoms. The van der Waals surface area contributed by atoms with Crippen molar-refractivity contribution in [2.75, 3.05) is 6.54 Å². The van der Waals surface area contributed by atoms with Crippen molar-refractivity contribution in [3.05, 3.63) is 28.9 Å². The largest absolute Gasteiger partial charge is 0.347 e. The Bertz CT molecular complexity index is 361. The van der Waals surface area contributed by atoms with Gasteiger partial charge >= 0.3 is 5.69 Å². The number of nitrogens with one attached hydrogen (secondary N) is 1. The van der Waals surface area contributed by atoms with Crippen molar-refractivity contribution in [1.82, 2.24) is 14.9 Å². The zero-order chi connectivity index (χ0) is 12.0. The Balaban J connectivity index is 2.75. The first-order valence-corrected chi connectivity index (χ1v) is 5.93. The van der Waals surface area contributed by atoms with Crippen LogP contribution in [0, 0.1) is 5.92 Å². The second-order valence-corrected chi connectivity index (χ2v) is 4.10. The lowest BCUT2D eigenvalue weighted by molar-refractivity contribution is 0.330. The molecule has 0 radical (unpaired) electrons. The summed E-state index contributed by atoms with van der Waals surface area (Å²) in [6, 6.07) is 2.12. The molecule has 2 atom stereocenters. The lowest BCUT2D eigenvalue weighted by atomic mass is 9.99. The van der Waals surface area contributed by atoms with E-state index in [-0.39, 0.29) is 5.69 Å². The molecule has 90 valence electrons. The van der Waals surface area contributed by atoms with Crippen molar-refractivity contribution in [3.8, 4) is 0 Å². The zero-order valence-corrected chi connectivity index (χ0v) is 10.3. The summed E-state index contributed by atoms with van der Waals surface area (Å²) in [7, 11) is 0. The normalized spacial score (nSPS) is 14.7. The van der Waals surface area contributed by atoms with Crippen LogP contribution in [0.15, 0.2) is 23.3 Å². The number of likely N-dealkylation sites (N-methyl/N-ethyl adjacent to an activating group) is 1. The number of aromatic nitrogens is 2. The predicted molar refractivity (Wildman–Crippen MR) is 65.4 cm³/mol. The van der Waals surface area contributed by atoms with Crippen molar-refractivity contribution >= 4 is 0 Å². The third-order valence-electron chi connectivity index (χ3n) is 2.97. The second kappa shape index (κ2) is 6.43. The first kappa shape index (κ1) is 12.9. The van der Waals surface area contributed by atoms with Gasteiger partial charge in [-0.25, -0.2) is 9.78 Å². The molecule has 1 aromatic heterocycles. The highest BCUT2D eigenvalue weighted by molar-refractivity contribution is 4.83. The van der Waals surface area contributed by atoms with Crippen LogP contribution in [-0.4, -0.2) is 22.1 Å². The topological polar surface area (TPSA) is 46.9 Å². The summed E-state index contributed by atoms with van der Waals surface area (Å²) in [5, 5.41) is 3.42. The van der Waals surface area contributed by atoms with E-state index in [1.165, 1.54) is 6.20 Å². The van der Waals surface area contributed by atoms with Crippen molar-refractivity contribution < 1.29 is 0 Å². The Labute approximate surface area is 96.7 Å². The summed E-state index contributed by atoms with van der Waals surface area (Å²) in [4.78, 5) is 15.3. The molecule has 4 heteroatoms. The molecule has 1 N–H and O–H groups in total. The van der Waals surface area contributed by atoms with E-state index in [0.717, 1.165) is 13.0 Å². The highest BCUT2D eigenvalue weighted by Crippen LogP contribution is 2.08. The van der Waals surface area contributed by atoms with Gasteiger partial charge in [-0.1, -0.05) is 27.2 Å². The molecule has 0 aromatic carbocycles. The van der Waals surface area contributed by atoms with Crippen LogP contribution in [0.5, 0.6) is 0 Å². The van der Waals surface area contributed by atoms with Crippen LogP contribution in [0.2, 0.25) is 0 Å². The number of hydrogen-bond donors (Lipinski definition) is 1. The predicted octanol–water partition coefficient (Wildman–Crippen LogP) is 1.27. The summed E-state index contributed by atoms with van der Waals surface area (Å²) in [6.07, 6.45) is 4.43. The van der Waals surface area contributed by atoms with Crippen LogP contribution in [0.3, 0.4) is 0 Å². The van der Waals surface area contributed by atoms with Gasteiger partial charge in [0.05, 0.1) is 0 Å². The fourth-order valence-electron chi connectivity index (χ4n) is 1.73. The van der Waals surface area contributed by atoms with E-state index in [1.807, 2.05) is 0 Å². The second-order valence-electron chi connectivity index (χ2n) is 4.10. The molecule has 0 aliphatic rings. The molecule has 4 nitrogen and oxygen atoms in total. The van der Waals surface area contributed by atoms with E-state index in [0.29, 0.717) is 18.5 Å². The minimum atomic E-state index is -0.172. The fraction of sp³-hybridized carbons (Fsp3) is 0.667.